The number of carbonyl (C=O) groups is 1. The Hall–Kier alpha value is -4.06. The molecule has 1 aliphatic rings. The highest BCUT2D eigenvalue weighted by Crippen LogP contribution is 2.45. The molecule has 1 aliphatic carbocycles. The van der Waals surface area contributed by atoms with Crippen molar-refractivity contribution >= 4 is 17.4 Å². The molecule has 3 aromatic carbocycles. The average molecular weight is 424 g/mol. The fourth-order valence-corrected chi connectivity index (χ4v) is 3.72. The Balaban J connectivity index is 1.28. The van der Waals surface area contributed by atoms with Crippen LogP contribution < -0.4 is 10.6 Å². The van der Waals surface area contributed by atoms with Crippen LogP contribution in [0, 0.1) is 5.82 Å². The van der Waals surface area contributed by atoms with Gasteiger partial charge < -0.3 is 10.6 Å². The predicted octanol–water partition coefficient (Wildman–Crippen LogP) is 5.45. The lowest BCUT2D eigenvalue weighted by atomic mass is 10.0. The van der Waals surface area contributed by atoms with Crippen molar-refractivity contribution < 1.29 is 9.18 Å². The van der Waals surface area contributed by atoms with Crippen LogP contribution in [0.3, 0.4) is 0 Å². The summed E-state index contributed by atoms with van der Waals surface area (Å²) in [5, 5.41) is 14.8. The van der Waals surface area contributed by atoms with E-state index in [4.69, 9.17) is 0 Å². The number of hydrogen-bond donors (Lipinski definition) is 2. The van der Waals surface area contributed by atoms with E-state index in [1.54, 1.807) is 24.3 Å². The molecule has 0 saturated heterocycles. The standard InChI is InChI=1S/C26H21FN4O/c27-21-11-9-20(10-12-21)26(15-16-26)29-25(32)19-7-4-8-22(17-19)28-24-14-13-23(30-31-24)18-5-2-1-3-6-18/h1-14,17H,15-16H2,(H,28,31)(H,29,32). The van der Waals surface area contributed by atoms with E-state index in [-0.39, 0.29) is 11.7 Å². The van der Waals surface area contributed by atoms with Crippen molar-refractivity contribution in [3.05, 3.63) is 108 Å². The first-order valence-corrected chi connectivity index (χ1v) is 10.5. The van der Waals surface area contributed by atoms with Crippen molar-refractivity contribution in [2.24, 2.45) is 0 Å². The second-order valence-corrected chi connectivity index (χ2v) is 7.92. The van der Waals surface area contributed by atoms with Crippen LogP contribution >= 0.6 is 0 Å². The third kappa shape index (κ3) is 4.21. The molecular formula is C26H21FN4O. The monoisotopic (exact) mass is 424 g/mol. The molecule has 1 saturated carbocycles. The van der Waals surface area contributed by atoms with Crippen molar-refractivity contribution in [2.75, 3.05) is 5.32 Å². The Labute approximate surface area is 185 Å². The molecule has 0 spiro atoms. The zero-order valence-corrected chi connectivity index (χ0v) is 17.3. The lowest BCUT2D eigenvalue weighted by Crippen LogP contribution is -2.34. The topological polar surface area (TPSA) is 66.9 Å². The fraction of sp³-hybridized carbons (Fsp3) is 0.115. The zero-order valence-electron chi connectivity index (χ0n) is 17.3. The molecular weight excluding hydrogens is 403 g/mol. The fourth-order valence-electron chi connectivity index (χ4n) is 3.72. The first-order chi connectivity index (χ1) is 15.6. The number of hydrogen-bond acceptors (Lipinski definition) is 4. The minimum Gasteiger partial charge on any atom is -0.343 e. The smallest absolute Gasteiger partial charge is 0.252 e. The number of amides is 1. The Morgan fingerprint density at radius 2 is 1.62 bits per heavy atom. The van der Waals surface area contributed by atoms with Gasteiger partial charge in [-0.1, -0.05) is 48.5 Å². The van der Waals surface area contributed by atoms with Crippen LogP contribution in [0.15, 0.2) is 91.0 Å². The predicted molar refractivity (Wildman–Crippen MR) is 122 cm³/mol. The van der Waals surface area contributed by atoms with Crippen molar-refractivity contribution in [3.8, 4) is 11.3 Å². The summed E-state index contributed by atoms with van der Waals surface area (Å²) in [5.41, 5.74) is 3.59. The molecule has 1 heterocycles. The highest BCUT2D eigenvalue weighted by Gasteiger charge is 2.45. The van der Waals surface area contributed by atoms with Crippen LogP contribution in [0.1, 0.15) is 28.8 Å². The van der Waals surface area contributed by atoms with E-state index in [2.05, 4.69) is 20.8 Å². The molecule has 0 unspecified atom stereocenters. The number of aromatic nitrogens is 2. The summed E-state index contributed by atoms with van der Waals surface area (Å²) in [6.07, 6.45) is 1.68. The number of halogens is 1. The van der Waals surface area contributed by atoms with Gasteiger partial charge >= 0.3 is 0 Å². The summed E-state index contributed by atoms with van der Waals surface area (Å²) in [4.78, 5) is 12.9. The molecule has 1 amide bonds. The molecule has 5 rings (SSSR count). The van der Waals surface area contributed by atoms with Crippen LogP contribution in [0.25, 0.3) is 11.3 Å². The molecule has 0 aliphatic heterocycles. The first kappa shape index (κ1) is 19.9. The summed E-state index contributed by atoms with van der Waals surface area (Å²) >= 11 is 0. The molecule has 4 aromatic rings. The van der Waals surface area contributed by atoms with Gasteiger partial charge in [-0.3, -0.25) is 4.79 Å². The average Bonchev–Trinajstić information content (AvgIpc) is 3.61. The second-order valence-electron chi connectivity index (χ2n) is 7.92. The van der Waals surface area contributed by atoms with Crippen molar-refractivity contribution in [1.82, 2.24) is 15.5 Å². The lowest BCUT2D eigenvalue weighted by Gasteiger charge is -2.18. The first-order valence-electron chi connectivity index (χ1n) is 10.5. The summed E-state index contributed by atoms with van der Waals surface area (Å²) in [5.74, 6) is 0.141. The minimum atomic E-state index is -0.410. The molecule has 158 valence electrons. The maximum absolute atomic E-state index is 13.3. The van der Waals surface area contributed by atoms with Crippen LogP contribution in [-0.2, 0) is 5.54 Å². The molecule has 2 N–H and O–H groups in total. The highest BCUT2D eigenvalue weighted by molar-refractivity contribution is 5.96. The number of anilines is 2. The van der Waals surface area contributed by atoms with Gasteiger partial charge in [-0.2, -0.15) is 0 Å². The molecule has 0 bridgehead atoms. The van der Waals surface area contributed by atoms with Gasteiger partial charge in [0.1, 0.15) is 5.82 Å². The summed E-state index contributed by atoms with van der Waals surface area (Å²) in [7, 11) is 0. The largest absolute Gasteiger partial charge is 0.343 e. The summed E-state index contributed by atoms with van der Waals surface area (Å²) in [6, 6.07) is 27.2. The molecule has 1 fully saturated rings. The number of nitrogens with one attached hydrogen (secondary N) is 2. The minimum absolute atomic E-state index is 0.166. The van der Waals surface area contributed by atoms with Crippen LogP contribution in [0.4, 0.5) is 15.9 Å². The van der Waals surface area contributed by atoms with Crippen molar-refractivity contribution in [1.29, 1.82) is 0 Å². The van der Waals surface area contributed by atoms with E-state index >= 15 is 0 Å². The van der Waals surface area contributed by atoms with Crippen LogP contribution in [0.2, 0.25) is 0 Å². The van der Waals surface area contributed by atoms with E-state index in [0.29, 0.717) is 11.4 Å². The maximum atomic E-state index is 13.3. The quantitative estimate of drug-likeness (QED) is 0.432. The van der Waals surface area contributed by atoms with E-state index in [1.165, 1.54) is 12.1 Å². The van der Waals surface area contributed by atoms with Gasteiger partial charge in [0.05, 0.1) is 11.2 Å². The van der Waals surface area contributed by atoms with Gasteiger partial charge in [0.15, 0.2) is 5.82 Å². The lowest BCUT2D eigenvalue weighted by molar-refractivity contribution is 0.0931. The van der Waals surface area contributed by atoms with E-state index in [0.717, 1.165) is 35.3 Å². The van der Waals surface area contributed by atoms with E-state index in [1.807, 2.05) is 54.6 Å². The maximum Gasteiger partial charge on any atom is 0.252 e. The normalized spacial score (nSPS) is 13.9. The van der Waals surface area contributed by atoms with Gasteiger partial charge in [-0.05, 0) is 60.9 Å². The summed E-state index contributed by atoms with van der Waals surface area (Å²) < 4.78 is 13.3. The second kappa shape index (κ2) is 8.23. The van der Waals surface area contributed by atoms with E-state index < -0.39 is 5.54 Å². The molecule has 32 heavy (non-hydrogen) atoms. The number of nitrogens with zero attached hydrogens (tertiary/aromatic N) is 2. The molecule has 5 nitrogen and oxygen atoms in total. The molecule has 1 aromatic heterocycles. The molecule has 6 heteroatoms. The highest BCUT2D eigenvalue weighted by atomic mass is 19.1. The Morgan fingerprint density at radius 3 is 2.31 bits per heavy atom. The third-order valence-electron chi connectivity index (χ3n) is 5.63. The third-order valence-corrected chi connectivity index (χ3v) is 5.63. The summed E-state index contributed by atoms with van der Waals surface area (Å²) in [6.45, 7) is 0. The number of carbonyl (C=O) groups excluding carboxylic acids is 1. The number of benzene rings is 3. The van der Waals surface area contributed by atoms with Gasteiger partial charge in [0, 0.05) is 16.8 Å². The molecule has 0 radical (unpaired) electrons. The zero-order chi connectivity index (χ0) is 22.0. The van der Waals surface area contributed by atoms with Gasteiger partial charge in [-0.15, -0.1) is 10.2 Å². The Kier molecular flexibility index (Phi) is 5.11. The van der Waals surface area contributed by atoms with Crippen LogP contribution in [-0.4, -0.2) is 16.1 Å². The van der Waals surface area contributed by atoms with E-state index in [9.17, 15) is 9.18 Å². The molecule has 0 atom stereocenters. The van der Waals surface area contributed by atoms with Gasteiger partial charge in [0.25, 0.3) is 5.91 Å². The van der Waals surface area contributed by atoms with Crippen molar-refractivity contribution in [3.63, 3.8) is 0 Å². The van der Waals surface area contributed by atoms with Gasteiger partial charge in [-0.25, -0.2) is 4.39 Å². The van der Waals surface area contributed by atoms with Gasteiger partial charge in [0.2, 0.25) is 0 Å². The van der Waals surface area contributed by atoms with Crippen LogP contribution in [0.5, 0.6) is 0 Å². The Bertz CT molecular complexity index is 1240. The Morgan fingerprint density at radius 1 is 0.844 bits per heavy atom. The SMILES string of the molecule is O=C(NC1(c2ccc(F)cc2)CC1)c1cccc(Nc2ccc(-c3ccccc3)nn2)c1. The van der Waals surface area contributed by atoms with Crippen molar-refractivity contribution in [2.45, 2.75) is 18.4 Å². The number of rotatable bonds is 6.